The normalized spacial score (nSPS) is 10.7. The molecule has 1 aromatic carbocycles. The number of rotatable bonds is 4. The number of ether oxygens (including phenoxy) is 2. The lowest BCUT2D eigenvalue weighted by atomic mass is 10.2. The van der Waals surface area contributed by atoms with Crippen molar-refractivity contribution in [2.75, 3.05) is 7.11 Å². The number of aromatic nitrogens is 4. The van der Waals surface area contributed by atoms with E-state index in [0.29, 0.717) is 23.7 Å². The summed E-state index contributed by atoms with van der Waals surface area (Å²) in [6.07, 6.45) is 1.52. The highest BCUT2D eigenvalue weighted by molar-refractivity contribution is 6.28. The van der Waals surface area contributed by atoms with Gasteiger partial charge in [-0.3, -0.25) is 0 Å². The molecule has 3 aromatic rings. The third-order valence-electron chi connectivity index (χ3n) is 2.73. The number of benzene rings is 1. The average Bonchev–Trinajstić information content (AvgIpc) is 2.93. The van der Waals surface area contributed by atoms with Crippen molar-refractivity contribution in [3.63, 3.8) is 0 Å². The van der Waals surface area contributed by atoms with Crippen LogP contribution in [0.3, 0.4) is 0 Å². The van der Waals surface area contributed by atoms with Gasteiger partial charge in [-0.1, -0.05) is 12.1 Å². The summed E-state index contributed by atoms with van der Waals surface area (Å²) in [7, 11) is 1.62. The zero-order chi connectivity index (χ0) is 13.9. The molecule has 3 rings (SSSR count). The average molecular weight is 291 g/mol. The van der Waals surface area contributed by atoms with Crippen molar-refractivity contribution in [3.8, 4) is 11.6 Å². The van der Waals surface area contributed by atoms with Crippen LogP contribution < -0.4 is 9.47 Å². The Bertz CT molecular complexity index is 744. The second kappa shape index (κ2) is 5.34. The highest BCUT2D eigenvalue weighted by Crippen LogP contribution is 2.22. The van der Waals surface area contributed by atoms with Gasteiger partial charge < -0.3 is 14.5 Å². The van der Waals surface area contributed by atoms with Crippen LogP contribution in [-0.2, 0) is 6.61 Å². The molecular weight excluding hydrogens is 280 g/mol. The molecule has 20 heavy (non-hydrogen) atoms. The van der Waals surface area contributed by atoms with Gasteiger partial charge in [0.05, 0.1) is 13.4 Å². The number of aromatic amines is 1. The van der Waals surface area contributed by atoms with Crippen LogP contribution in [0, 0.1) is 0 Å². The molecule has 0 unspecified atom stereocenters. The molecule has 102 valence electrons. The molecule has 0 atom stereocenters. The van der Waals surface area contributed by atoms with Crippen molar-refractivity contribution < 1.29 is 9.47 Å². The van der Waals surface area contributed by atoms with E-state index in [1.54, 1.807) is 7.11 Å². The summed E-state index contributed by atoms with van der Waals surface area (Å²) < 4.78 is 10.8. The summed E-state index contributed by atoms with van der Waals surface area (Å²) in [5.74, 6) is 1.15. The minimum atomic E-state index is 0.102. The van der Waals surface area contributed by atoms with Crippen molar-refractivity contribution in [2.45, 2.75) is 6.61 Å². The van der Waals surface area contributed by atoms with Gasteiger partial charge >= 0.3 is 0 Å². The van der Waals surface area contributed by atoms with E-state index in [-0.39, 0.29) is 5.28 Å². The van der Waals surface area contributed by atoms with Crippen LogP contribution in [0.1, 0.15) is 5.56 Å². The maximum atomic E-state index is 5.83. The van der Waals surface area contributed by atoms with E-state index >= 15 is 0 Å². The molecule has 0 radical (unpaired) electrons. The molecule has 0 amide bonds. The van der Waals surface area contributed by atoms with Crippen LogP contribution in [0.5, 0.6) is 11.6 Å². The van der Waals surface area contributed by atoms with Gasteiger partial charge in [0.1, 0.15) is 17.9 Å². The lowest BCUT2D eigenvalue weighted by Gasteiger charge is -2.07. The number of imidazole rings is 1. The van der Waals surface area contributed by atoms with Crippen molar-refractivity contribution >= 4 is 22.8 Å². The Labute approximate surface area is 119 Å². The molecular formula is C13H11ClN4O2. The summed E-state index contributed by atoms with van der Waals surface area (Å²) in [6, 6.07) is 7.61. The van der Waals surface area contributed by atoms with Crippen LogP contribution in [-0.4, -0.2) is 27.0 Å². The SMILES string of the molecule is COc1cccc(COc2nc(Cl)nc3nc[nH]c23)c1. The summed E-state index contributed by atoms with van der Waals surface area (Å²) in [5, 5.41) is 0.102. The van der Waals surface area contributed by atoms with Crippen LogP contribution in [0.25, 0.3) is 11.2 Å². The van der Waals surface area contributed by atoms with Crippen LogP contribution in [0.4, 0.5) is 0 Å². The van der Waals surface area contributed by atoms with E-state index in [4.69, 9.17) is 21.1 Å². The van der Waals surface area contributed by atoms with Gasteiger partial charge in [0.2, 0.25) is 11.2 Å². The minimum Gasteiger partial charge on any atom is -0.497 e. The maximum Gasteiger partial charge on any atom is 0.244 e. The number of H-pyrrole nitrogens is 1. The van der Waals surface area contributed by atoms with Gasteiger partial charge in [-0.2, -0.15) is 9.97 Å². The summed E-state index contributed by atoms with van der Waals surface area (Å²) in [6.45, 7) is 0.346. The number of fused-ring (bicyclic) bond motifs is 1. The largest absolute Gasteiger partial charge is 0.497 e. The Kier molecular flexibility index (Phi) is 3.39. The Morgan fingerprint density at radius 2 is 2.20 bits per heavy atom. The first-order valence-electron chi connectivity index (χ1n) is 5.88. The highest BCUT2D eigenvalue weighted by atomic mass is 35.5. The van der Waals surface area contributed by atoms with Gasteiger partial charge in [0, 0.05) is 0 Å². The van der Waals surface area contributed by atoms with E-state index in [1.165, 1.54) is 6.33 Å². The molecule has 0 saturated carbocycles. The Hall–Kier alpha value is -2.34. The molecule has 0 saturated heterocycles. The molecule has 7 heteroatoms. The van der Waals surface area contributed by atoms with Crippen molar-refractivity contribution in [1.82, 2.24) is 19.9 Å². The number of hydrogen-bond donors (Lipinski definition) is 1. The molecule has 1 N–H and O–H groups in total. The Balaban J connectivity index is 1.84. The number of nitrogens with zero attached hydrogens (tertiary/aromatic N) is 3. The minimum absolute atomic E-state index is 0.102. The zero-order valence-corrected chi connectivity index (χ0v) is 11.4. The smallest absolute Gasteiger partial charge is 0.244 e. The van der Waals surface area contributed by atoms with Gasteiger partial charge in [0.15, 0.2) is 5.65 Å². The van der Waals surface area contributed by atoms with E-state index in [2.05, 4.69) is 19.9 Å². The highest BCUT2D eigenvalue weighted by Gasteiger charge is 2.10. The topological polar surface area (TPSA) is 72.9 Å². The van der Waals surface area contributed by atoms with E-state index in [9.17, 15) is 0 Å². The fraction of sp³-hybridized carbons (Fsp3) is 0.154. The maximum absolute atomic E-state index is 5.83. The summed E-state index contributed by atoms with van der Waals surface area (Å²) in [5.41, 5.74) is 2.06. The van der Waals surface area contributed by atoms with Crippen molar-refractivity contribution in [2.24, 2.45) is 0 Å². The van der Waals surface area contributed by atoms with Crippen LogP contribution in [0.15, 0.2) is 30.6 Å². The third-order valence-corrected chi connectivity index (χ3v) is 2.90. The van der Waals surface area contributed by atoms with E-state index < -0.39 is 0 Å². The summed E-state index contributed by atoms with van der Waals surface area (Å²) >= 11 is 5.83. The Morgan fingerprint density at radius 1 is 1.30 bits per heavy atom. The first kappa shape index (κ1) is 12.7. The van der Waals surface area contributed by atoms with E-state index in [0.717, 1.165) is 11.3 Å². The predicted octanol–water partition coefficient (Wildman–Crippen LogP) is 2.59. The zero-order valence-electron chi connectivity index (χ0n) is 10.6. The molecule has 2 aromatic heterocycles. The number of methoxy groups -OCH3 is 1. The molecule has 0 aliphatic carbocycles. The van der Waals surface area contributed by atoms with Crippen LogP contribution in [0.2, 0.25) is 5.28 Å². The fourth-order valence-corrected chi connectivity index (χ4v) is 1.96. The Morgan fingerprint density at radius 3 is 3.05 bits per heavy atom. The predicted molar refractivity (Wildman–Crippen MR) is 74.0 cm³/mol. The lowest BCUT2D eigenvalue weighted by Crippen LogP contribution is -1.99. The molecule has 0 aliphatic heterocycles. The summed E-state index contributed by atoms with van der Waals surface area (Å²) in [4.78, 5) is 15.0. The van der Waals surface area contributed by atoms with Gasteiger partial charge in [-0.15, -0.1) is 0 Å². The van der Waals surface area contributed by atoms with Crippen molar-refractivity contribution in [3.05, 3.63) is 41.4 Å². The number of halogens is 1. The quantitative estimate of drug-likeness (QED) is 0.748. The number of nitrogens with one attached hydrogen (secondary N) is 1. The van der Waals surface area contributed by atoms with Crippen molar-refractivity contribution in [1.29, 1.82) is 0 Å². The van der Waals surface area contributed by atoms with Gasteiger partial charge in [0.25, 0.3) is 0 Å². The molecule has 0 aliphatic rings. The second-order valence-electron chi connectivity index (χ2n) is 4.04. The standard InChI is InChI=1S/C13H11ClN4O2/c1-19-9-4-2-3-8(5-9)6-20-12-10-11(16-7-15-10)17-13(14)18-12/h2-5,7H,6H2,1H3,(H,15,16,17,18). The first-order chi connectivity index (χ1) is 9.76. The molecule has 0 fully saturated rings. The number of hydrogen-bond acceptors (Lipinski definition) is 5. The van der Waals surface area contributed by atoms with E-state index in [1.807, 2.05) is 24.3 Å². The first-order valence-corrected chi connectivity index (χ1v) is 6.26. The van der Waals surface area contributed by atoms with Gasteiger partial charge in [-0.25, -0.2) is 4.98 Å². The van der Waals surface area contributed by atoms with Gasteiger partial charge in [-0.05, 0) is 29.3 Å². The third kappa shape index (κ3) is 2.50. The molecule has 0 bridgehead atoms. The monoisotopic (exact) mass is 290 g/mol. The lowest BCUT2D eigenvalue weighted by molar-refractivity contribution is 0.296. The second-order valence-corrected chi connectivity index (χ2v) is 4.38. The molecule has 2 heterocycles. The molecule has 6 nitrogen and oxygen atoms in total. The van der Waals surface area contributed by atoms with Crippen LogP contribution >= 0.6 is 11.6 Å². The fourth-order valence-electron chi connectivity index (χ4n) is 1.80. The molecule has 0 spiro atoms.